The van der Waals surface area contributed by atoms with Crippen LogP contribution in [0.4, 0.5) is 0 Å². The molecule has 0 atom stereocenters. The van der Waals surface area contributed by atoms with Gasteiger partial charge in [-0.15, -0.1) is 0 Å². The fraction of sp³-hybridized carbons (Fsp3) is 0.562. The van der Waals surface area contributed by atoms with E-state index < -0.39 is 0 Å². The van der Waals surface area contributed by atoms with Crippen LogP contribution in [0, 0.1) is 0 Å². The Bertz CT molecular complexity index is 413. The van der Waals surface area contributed by atoms with Gasteiger partial charge in [-0.3, -0.25) is 4.79 Å². The van der Waals surface area contributed by atoms with Crippen LogP contribution in [0.1, 0.15) is 38.2 Å². The average Bonchev–Trinajstić information content (AvgIpc) is 3.26. The van der Waals surface area contributed by atoms with E-state index in [1.165, 1.54) is 5.56 Å². The molecule has 1 aromatic carbocycles. The summed E-state index contributed by atoms with van der Waals surface area (Å²) in [5, 5.41) is 6.27. The molecule has 2 N–H and O–H groups in total. The van der Waals surface area contributed by atoms with Crippen molar-refractivity contribution >= 4 is 5.91 Å². The first kappa shape index (κ1) is 14.9. The second kappa shape index (κ2) is 7.90. The van der Waals surface area contributed by atoms with Crippen LogP contribution in [0.15, 0.2) is 24.3 Å². The third-order valence-corrected chi connectivity index (χ3v) is 3.20. The fourth-order valence-electron chi connectivity index (χ4n) is 1.89. The Morgan fingerprint density at radius 2 is 2.05 bits per heavy atom. The van der Waals surface area contributed by atoms with Crippen molar-refractivity contribution in [1.82, 2.24) is 10.6 Å². The van der Waals surface area contributed by atoms with Gasteiger partial charge in [-0.05, 0) is 37.0 Å². The van der Waals surface area contributed by atoms with E-state index in [9.17, 15) is 4.79 Å². The first-order chi connectivity index (χ1) is 9.78. The molecular formula is C16H24N2O2. The number of carbonyl (C=O) groups is 1. The molecule has 1 fully saturated rings. The summed E-state index contributed by atoms with van der Waals surface area (Å²) in [6.45, 7) is 4.35. The smallest absolute Gasteiger partial charge is 0.221 e. The van der Waals surface area contributed by atoms with Gasteiger partial charge in [0.15, 0.2) is 0 Å². The van der Waals surface area contributed by atoms with Crippen molar-refractivity contribution in [3.05, 3.63) is 29.8 Å². The van der Waals surface area contributed by atoms with Gasteiger partial charge in [-0.25, -0.2) is 0 Å². The van der Waals surface area contributed by atoms with E-state index in [1.807, 2.05) is 12.1 Å². The lowest BCUT2D eigenvalue weighted by Crippen LogP contribution is -2.28. The van der Waals surface area contributed by atoms with Crippen molar-refractivity contribution in [1.29, 1.82) is 0 Å². The van der Waals surface area contributed by atoms with Crippen LogP contribution in [0.2, 0.25) is 0 Å². The zero-order valence-corrected chi connectivity index (χ0v) is 12.2. The molecule has 0 aliphatic heterocycles. The molecule has 20 heavy (non-hydrogen) atoms. The Balaban J connectivity index is 1.59. The summed E-state index contributed by atoms with van der Waals surface area (Å²) in [7, 11) is 0. The largest absolute Gasteiger partial charge is 0.494 e. The van der Waals surface area contributed by atoms with Crippen LogP contribution in [0.5, 0.6) is 5.75 Å². The molecule has 1 aliphatic rings. The van der Waals surface area contributed by atoms with Crippen molar-refractivity contribution in [2.24, 2.45) is 0 Å². The zero-order chi connectivity index (χ0) is 14.2. The highest BCUT2D eigenvalue weighted by Crippen LogP contribution is 2.18. The molecule has 1 aromatic rings. The molecule has 1 aliphatic carbocycles. The highest BCUT2D eigenvalue weighted by Gasteiger charge is 2.22. The summed E-state index contributed by atoms with van der Waals surface area (Å²) < 4.78 is 5.54. The molecule has 1 amide bonds. The Kier molecular flexibility index (Phi) is 5.87. The summed E-state index contributed by atoms with van der Waals surface area (Å²) in [5.74, 6) is 1.07. The second-order valence-corrected chi connectivity index (χ2v) is 5.26. The third kappa shape index (κ3) is 5.61. The molecule has 0 bridgehead atoms. The predicted octanol–water partition coefficient (Wildman–Crippen LogP) is 2.23. The van der Waals surface area contributed by atoms with Crippen molar-refractivity contribution in [2.75, 3.05) is 13.2 Å². The quantitative estimate of drug-likeness (QED) is 0.680. The normalized spacial score (nSPS) is 14.1. The molecule has 0 spiro atoms. The monoisotopic (exact) mass is 276 g/mol. The summed E-state index contributed by atoms with van der Waals surface area (Å²) in [6.07, 6.45) is 3.86. The maximum Gasteiger partial charge on any atom is 0.221 e. The Labute approximate surface area is 120 Å². The lowest BCUT2D eigenvalue weighted by atomic mass is 10.2. The van der Waals surface area contributed by atoms with Gasteiger partial charge in [0.1, 0.15) is 5.75 Å². The molecule has 0 heterocycles. The average molecular weight is 276 g/mol. The number of carbonyl (C=O) groups excluding carboxylic acids is 1. The maximum absolute atomic E-state index is 11.5. The Hall–Kier alpha value is -1.55. The van der Waals surface area contributed by atoms with Crippen LogP contribution >= 0.6 is 0 Å². The molecule has 0 radical (unpaired) electrons. The van der Waals surface area contributed by atoms with E-state index in [4.69, 9.17) is 4.74 Å². The number of hydrogen-bond acceptors (Lipinski definition) is 3. The predicted molar refractivity (Wildman–Crippen MR) is 79.7 cm³/mol. The molecule has 0 saturated heterocycles. The van der Waals surface area contributed by atoms with Gasteiger partial charge in [0.05, 0.1) is 6.61 Å². The molecule has 2 rings (SSSR count). The minimum absolute atomic E-state index is 0.156. The van der Waals surface area contributed by atoms with E-state index in [0.717, 1.165) is 38.2 Å². The van der Waals surface area contributed by atoms with E-state index in [1.54, 1.807) is 0 Å². The van der Waals surface area contributed by atoms with Gasteiger partial charge in [0.2, 0.25) is 5.91 Å². The second-order valence-electron chi connectivity index (χ2n) is 5.26. The molecular weight excluding hydrogens is 252 g/mol. The highest BCUT2D eigenvalue weighted by molar-refractivity contribution is 5.76. The van der Waals surface area contributed by atoms with Crippen LogP contribution in [-0.2, 0) is 11.3 Å². The Morgan fingerprint density at radius 3 is 2.70 bits per heavy atom. The highest BCUT2D eigenvalue weighted by atomic mass is 16.5. The minimum atomic E-state index is 0.156. The number of nitrogens with one attached hydrogen (secondary N) is 2. The number of rotatable bonds is 9. The van der Waals surface area contributed by atoms with Gasteiger partial charge in [-0.2, -0.15) is 0 Å². The number of hydrogen-bond donors (Lipinski definition) is 2. The van der Waals surface area contributed by atoms with Crippen molar-refractivity contribution < 1.29 is 9.53 Å². The first-order valence-corrected chi connectivity index (χ1v) is 7.49. The Morgan fingerprint density at radius 1 is 1.30 bits per heavy atom. The van der Waals surface area contributed by atoms with Crippen molar-refractivity contribution in [3.8, 4) is 5.75 Å². The fourth-order valence-corrected chi connectivity index (χ4v) is 1.89. The van der Waals surface area contributed by atoms with E-state index >= 15 is 0 Å². The SMILES string of the molecule is CCCOc1ccc(CNCCC(=O)NC2CC2)cc1. The molecule has 0 aromatic heterocycles. The van der Waals surface area contributed by atoms with Gasteiger partial charge in [0.25, 0.3) is 0 Å². The summed E-state index contributed by atoms with van der Waals surface area (Å²) >= 11 is 0. The van der Waals surface area contributed by atoms with Crippen molar-refractivity contribution in [3.63, 3.8) is 0 Å². The van der Waals surface area contributed by atoms with Crippen LogP contribution in [0.3, 0.4) is 0 Å². The lowest BCUT2D eigenvalue weighted by Gasteiger charge is -2.07. The van der Waals surface area contributed by atoms with Crippen LogP contribution in [-0.4, -0.2) is 25.1 Å². The van der Waals surface area contributed by atoms with E-state index in [-0.39, 0.29) is 5.91 Å². The molecule has 1 saturated carbocycles. The molecule has 4 nitrogen and oxygen atoms in total. The van der Waals surface area contributed by atoms with Gasteiger partial charge in [0, 0.05) is 25.6 Å². The standard InChI is InChI=1S/C16H24N2O2/c1-2-11-20-15-7-3-13(4-8-15)12-17-10-9-16(19)18-14-5-6-14/h3-4,7-8,14,17H,2,5-6,9-12H2,1H3,(H,18,19). The van der Waals surface area contributed by atoms with E-state index in [0.29, 0.717) is 19.0 Å². The summed E-state index contributed by atoms with van der Waals surface area (Å²) in [4.78, 5) is 11.5. The van der Waals surface area contributed by atoms with Gasteiger partial charge < -0.3 is 15.4 Å². The maximum atomic E-state index is 11.5. The minimum Gasteiger partial charge on any atom is -0.494 e. The van der Waals surface area contributed by atoms with E-state index in [2.05, 4.69) is 29.7 Å². The van der Waals surface area contributed by atoms with Crippen molar-refractivity contribution in [2.45, 2.75) is 45.2 Å². The zero-order valence-electron chi connectivity index (χ0n) is 12.2. The number of ether oxygens (including phenoxy) is 1. The first-order valence-electron chi connectivity index (χ1n) is 7.49. The number of benzene rings is 1. The topological polar surface area (TPSA) is 50.4 Å². The van der Waals surface area contributed by atoms with Crippen LogP contribution < -0.4 is 15.4 Å². The summed E-state index contributed by atoms with van der Waals surface area (Å²) in [5.41, 5.74) is 1.21. The summed E-state index contributed by atoms with van der Waals surface area (Å²) in [6, 6.07) is 8.56. The molecule has 110 valence electrons. The van der Waals surface area contributed by atoms with Gasteiger partial charge in [-0.1, -0.05) is 19.1 Å². The number of amides is 1. The lowest BCUT2D eigenvalue weighted by molar-refractivity contribution is -0.121. The van der Waals surface area contributed by atoms with Crippen LogP contribution in [0.25, 0.3) is 0 Å². The third-order valence-electron chi connectivity index (χ3n) is 3.20. The van der Waals surface area contributed by atoms with Gasteiger partial charge >= 0.3 is 0 Å². The molecule has 0 unspecified atom stereocenters. The molecule has 4 heteroatoms.